The summed E-state index contributed by atoms with van der Waals surface area (Å²) in [5.41, 5.74) is 0.496. The lowest BCUT2D eigenvalue weighted by Crippen LogP contribution is -2.11. The highest BCUT2D eigenvalue weighted by atomic mass is 19.1. The Labute approximate surface area is 119 Å². The van der Waals surface area contributed by atoms with Crippen molar-refractivity contribution in [2.45, 2.75) is 46.1 Å². The third kappa shape index (κ3) is 5.29. The highest BCUT2D eigenvalue weighted by Crippen LogP contribution is 2.16. The average Bonchev–Trinajstić information content (AvgIpc) is 2.43. The molecule has 0 saturated heterocycles. The maximum atomic E-state index is 13.0. The van der Waals surface area contributed by atoms with Gasteiger partial charge in [0.05, 0.1) is 12.2 Å². The quantitative estimate of drug-likeness (QED) is 0.736. The fourth-order valence-electron chi connectivity index (χ4n) is 2.11. The van der Waals surface area contributed by atoms with E-state index in [0.29, 0.717) is 18.1 Å². The van der Waals surface area contributed by atoms with Crippen molar-refractivity contribution in [2.24, 2.45) is 5.92 Å². The standard InChI is InChI=1S/C16H23FO3/c1-3-5-6-12(4-2)10-20-11-13-7-8-14(17)9-15(13)16(18)19/h7-9,12H,3-6,10-11H2,1-2H3,(H,18,19). The van der Waals surface area contributed by atoms with Gasteiger partial charge in [-0.05, 0) is 30.0 Å². The van der Waals surface area contributed by atoms with Gasteiger partial charge in [-0.3, -0.25) is 0 Å². The van der Waals surface area contributed by atoms with E-state index in [0.717, 1.165) is 25.3 Å². The Hall–Kier alpha value is -1.42. The number of carboxylic acid groups (broad SMARTS) is 1. The molecule has 0 spiro atoms. The Balaban J connectivity index is 2.55. The predicted molar refractivity (Wildman–Crippen MR) is 76.3 cm³/mol. The van der Waals surface area contributed by atoms with E-state index in [1.165, 1.54) is 18.6 Å². The molecule has 1 unspecified atom stereocenters. The molecular weight excluding hydrogens is 259 g/mol. The first-order chi connectivity index (χ1) is 9.58. The third-order valence-corrected chi connectivity index (χ3v) is 3.46. The van der Waals surface area contributed by atoms with Crippen LogP contribution in [0, 0.1) is 11.7 Å². The van der Waals surface area contributed by atoms with Gasteiger partial charge in [0.25, 0.3) is 0 Å². The van der Waals surface area contributed by atoms with E-state index in [9.17, 15) is 9.18 Å². The lowest BCUT2D eigenvalue weighted by atomic mass is 10.0. The summed E-state index contributed by atoms with van der Waals surface area (Å²) >= 11 is 0. The van der Waals surface area contributed by atoms with E-state index in [1.54, 1.807) is 0 Å². The molecule has 1 rings (SSSR count). The number of carboxylic acids is 1. The van der Waals surface area contributed by atoms with Crippen LogP contribution >= 0.6 is 0 Å². The molecule has 4 heteroatoms. The van der Waals surface area contributed by atoms with Gasteiger partial charge >= 0.3 is 5.97 Å². The smallest absolute Gasteiger partial charge is 0.336 e. The molecule has 3 nitrogen and oxygen atoms in total. The largest absolute Gasteiger partial charge is 0.478 e. The topological polar surface area (TPSA) is 46.5 Å². The maximum Gasteiger partial charge on any atom is 0.336 e. The number of hydrogen-bond acceptors (Lipinski definition) is 2. The van der Waals surface area contributed by atoms with Crippen LogP contribution in [0.1, 0.15) is 55.5 Å². The van der Waals surface area contributed by atoms with E-state index >= 15 is 0 Å². The van der Waals surface area contributed by atoms with Crippen molar-refractivity contribution in [3.8, 4) is 0 Å². The summed E-state index contributed by atoms with van der Waals surface area (Å²) in [6.45, 7) is 5.12. The van der Waals surface area contributed by atoms with Gasteiger partial charge in [-0.2, -0.15) is 0 Å². The van der Waals surface area contributed by atoms with Crippen molar-refractivity contribution in [2.75, 3.05) is 6.61 Å². The summed E-state index contributed by atoms with van der Waals surface area (Å²) in [4.78, 5) is 11.0. The Morgan fingerprint density at radius 3 is 2.75 bits per heavy atom. The lowest BCUT2D eigenvalue weighted by molar-refractivity contribution is 0.0669. The zero-order valence-electron chi connectivity index (χ0n) is 12.2. The molecule has 0 amide bonds. The van der Waals surface area contributed by atoms with Crippen molar-refractivity contribution in [3.05, 3.63) is 35.1 Å². The van der Waals surface area contributed by atoms with Crippen molar-refractivity contribution in [1.29, 1.82) is 0 Å². The normalized spacial score (nSPS) is 12.3. The van der Waals surface area contributed by atoms with Gasteiger partial charge in [0.15, 0.2) is 0 Å². The van der Waals surface area contributed by atoms with E-state index < -0.39 is 11.8 Å². The maximum absolute atomic E-state index is 13.0. The van der Waals surface area contributed by atoms with E-state index in [-0.39, 0.29) is 12.2 Å². The summed E-state index contributed by atoms with van der Waals surface area (Å²) < 4.78 is 18.7. The Kier molecular flexibility index (Phi) is 7.23. The molecule has 0 radical (unpaired) electrons. The zero-order valence-corrected chi connectivity index (χ0v) is 12.2. The van der Waals surface area contributed by atoms with Crippen LogP contribution in [0.3, 0.4) is 0 Å². The molecule has 20 heavy (non-hydrogen) atoms. The molecular formula is C16H23FO3. The third-order valence-electron chi connectivity index (χ3n) is 3.46. The fraction of sp³-hybridized carbons (Fsp3) is 0.562. The second-order valence-corrected chi connectivity index (χ2v) is 5.04. The summed E-state index contributed by atoms with van der Waals surface area (Å²) in [6, 6.07) is 3.78. The number of hydrogen-bond donors (Lipinski definition) is 1. The molecule has 0 aliphatic heterocycles. The number of benzene rings is 1. The Bertz CT molecular complexity index is 432. The fourth-order valence-corrected chi connectivity index (χ4v) is 2.11. The number of aromatic carboxylic acids is 1. The van der Waals surface area contributed by atoms with Crippen LogP contribution in [-0.2, 0) is 11.3 Å². The molecule has 1 N–H and O–H groups in total. The highest BCUT2D eigenvalue weighted by Gasteiger charge is 2.12. The van der Waals surface area contributed by atoms with Gasteiger partial charge in [0, 0.05) is 6.61 Å². The first kappa shape index (κ1) is 16.6. The number of halogens is 1. The minimum Gasteiger partial charge on any atom is -0.478 e. The van der Waals surface area contributed by atoms with Gasteiger partial charge in [-0.25, -0.2) is 9.18 Å². The molecule has 1 aromatic carbocycles. The molecule has 0 aliphatic rings. The second kappa shape index (κ2) is 8.69. The molecule has 0 fully saturated rings. The minimum atomic E-state index is -1.12. The average molecular weight is 282 g/mol. The number of carbonyl (C=O) groups is 1. The molecule has 0 aromatic heterocycles. The first-order valence-electron chi connectivity index (χ1n) is 7.17. The van der Waals surface area contributed by atoms with E-state index in [1.807, 2.05) is 0 Å². The molecule has 1 aromatic rings. The number of unbranched alkanes of at least 4 members (excludes halogenated alkanes) is 1. The van der Waals surface area contributed by atoms with Crippen molar-refractivity contribution >= 4 is 5.97 Å². The van der Waals surface area contributed by atoms with Crippen molar-refractivity contribution in [1.82, 2.24) is 0 Å². The van der Waals surface area contributed by atoms with Crippen LogP contribution in [0.4, 0.5) is 4.39 Å². The lowest BCUT2D eigenvalue weighted by Gasteiger charge is -2.15. The summed E-state index contributed by atoms with van der Waals surface area (Å²) in [7, 11) is 0. The summed E-state index contributed by atoms with van der Waals surface area (Å²) in [5.74, 6) is -1.16. The molecule has 112 valence electrons. The Morgan fingerprint density at radius 1 is 1.40 bits per heavy atom. The van der Waals surface area contributed by atoms with Crippen molar-refractivity contribution < 1.29 is 19.0 Å². The molecule has 1 atom stereocenters. The van der Waals surface area contributed by atoms with Gasteiger partial charge in [0.1, 0.15) is 5.82 Å². The molecule has 0 bridgehead atoms. The predicted octanol–water partition coefficient (Wildman–Crippen LogP) is 4.26. The van der Waals surface area contributed by atoms with Gasteiger partial charge in [-0.15, -0.1) is 0 Å². The van der Waals surface area contributed by atoms with Crippen LogP contribution in [0.2, 0.25) is 0 Å². The summed E-state index contributed by atoms with van der Waals surface area (Å²) in [5, 5.41) is 9.04. The van der Waals surface area contributed by atoms with Crippen LogP contribution < -0.4 is 0 Å². The molecule has 0 aliphatic carbocycles. The van der Waals surface area contributed by atoms with Gasteiger partial charge in [0.2, 0.25) is 0 Å². The zero-order chi connectivity index (χ0) is 15.0. The van der Waals surface area contributed by atoms with Crippen LogP contribution in [0.5, 0.6) is 0 Å². The minimum absolute atomic E-state index is 0.0217. The van der Waals surface area contributed by atoms with Gasteiger partial charge < -0.3 is 9.84 Å². The van der Waals surface area contributed by atoms with E-state index in [4.69, 9.17) is 9.84 Å². The van der Waals surface area contributed by atoms with Crippen molar-refractivity contribution in [3.63, 3.8) is 0 Å². The monoisotopic (exact) mass is 282 g/mol. The Morgan fingerprint density at radius 2 is 2.15 bits per heavy atom. The van der Waals surface area contributed by atoms with Crippen LogP contribution in [0.15, 0.2) is 18.2 Å². The van der Waals surface area contributed by atoms with Gasteiger partial charge in [-0.1, -0.05) is 39.2 Å². The SMILES string of the molecule is CCCCC(CC)COCc1ccc(F)cc1C(=O)O. The van der Waals surface area contributed by atoms with E-state index in [2.05, 4.69) is 13.8 Å². The van der Waals surface area contributed by atoms with Crippen LogP contribution in [-0.4, -0.2) is 17.7 Å². The molecule has 0 saturated carbocycles. The first-order valence-corrected chi connectivity index (χ1v) is 7.17. The highest BCUT2D eigenvalue weighted by molar-refractivity contribution is 5.89. The van der Waals surface area contributed by atoms with Crippen LogP contribution in [0.25, 0.3) is 0 Å². The second-order valence-electron chi connectivity index (χ2n) is 5.04. The summed E-state index contributed by atoms with van der Waals surface area (Å²) in [6.07, 6.45) is 4.52. The number of ether oxygens (including phenoxy) is 1. The molecule has 0 heterocycles. The number of rotatable bonds is 9.